The average Bonchev–Trinajstić information content (AvgIpc) is 2.61. The van der Waals surface area contributed by atoms with Crippen molar-refractivity contribution in [3.8, 4) is 0 Å². The van der Waals surface area contributed by atoms with Crippen molar-refractivity contribution in [2.75, 3.05) is 6.61 Å². The van der Waals surface area contributed by atoms with Gasteiger partial charge in [-0.3, -0.25) is 18.7 Å². The van der Waals surface area contributed by atoms with Crippen molar-refractivity contribution in [2.24, 2.45) is 14.1 Å². The number of hydrogen-bond donors (Lipinski definition) is 0. The third-order valence-electron chi connectivity index (χ3n) is 3.97. The highest BCUT2D eigenvalue weighted by Crippen LogP contribution is 2.30. The molecule has 0 unspecified atom stereocenters. The van der Waals surface area contributed by atoms with Gasteiger partial charge < -0.3 is 4.74 Å². The number of aromatic nitrogens is 4. The number of aryl methyl sites for hydroxylation is 1. The van der Waals surface area contributed by atoms with Crippen molar-refractivity contribution in [2.45, 2.75) is 50.3 Å². The molecule has 0 saturated carbocycles. The van der Waals surface area contributed by atoms with Gasteiger partial charge in [-0.2, -0.15) is 0 Å². The van der Waals surface area contributed by atoms with Crippen LogP contribution in [0.5, 0.6) is 0 Å². The summed E-state index contributed by atoms with van der Waals surface area (Å²) in [6.45, 7) is 7.76. The summed E-state index contributed by atoms with van der Waals surface area (Å²) in [5.74, 6) is 0.169. The van der Waals surface area contributed by atoms with E-state index in [9.17, 15) is 14.4 Å². The van der Waals surface area contributed by atoms with Crippen LogP contribution >= 0.6 is 11.8 Å². The van der Waals surface area contributed by atoms with Gasteiger partial charge in [0.1, 0.15) is 21.5 Å². The highest BCUT2D eigenvalue weighted by Gasteiger charge is 2.25. The van der Waals surface area contributed by atoms with Gasteiger partial charge in [-0.1, -0.05) is 32.5 Å². The summed E-state index contributed by atoms with van der Waals surface area (Å²) in [5.41, 5.74) is -0.651. The molecule has 0 aliphatic carbocycles. The quantitative estimate of drug-likeness (QED) is 0.426. The van der Waals surface area contributed by atoms with Crippen LogP contribution in [0, 0.1) is 0 Å². The molecular formula is C17H24N4O4S. The second-order valence-corrected chi connectivity index (χ2v) is 7.40. The summed E-state index contributed by atoms with van der Waals surface area (Å²) in [5, 5.41) is 0.150. The van der Waals surface area contributed by atoms with Crippen LogP contribution in [0.25, 0.3) is 11.0 Å². The van der Waals surface area contributed by atoms with Crippen LogP contribution in [-0.4, -0.2) is 36.9 Å². The highest BCUT2D eigenvalue weighted by atomic mass is 32.2. The molecule has 0 aromatic carbocycles. The Morgan fingerprint density at radius 1 is 1.15 bits per heavy atom. The van der Waals surface area contributed by atoms with Crippen molar-refractivity contribution < 1.29 is 9.53 Å². The summed E-state index contributed by atoms with van der Waals surface area (Å²) in [6, 6.07) is 0. The van der Waals surface area contributed by atoms with Gasteiger partial charge in [0, 0.05) is 20.0 Å². The van der Waals surface area contributed by atoms with Crippen molar-refractivity contribution >= 4 is 28.8 Å². The first-order valence-corrected chi connectivity index (χ1v) is 9.41. The fraction of sp³-hybridized carbons (Fsp3) is 0.588. The number of ether oxygens (including phenoxy) is 1. The van der Waals surface area contributed by atoms with Crippen molar-refractivity contribution in [1.82, 2.24) is 19.1 Å². The zero-order valence-electron chi connectivity index (χ0n) is 15.9. The second kappa shape index (κ2) is 8.03. The summed E-state index contributed by atoms with van der Waals surface area (Å²) in [4.78, 5) is 46.1. The molecule has 8 nitrogen and oxygen atoms in total. The Hall–Kier alpha value is -2.16. The maximum Gasteiger partial charge on any atom is 0.332 e. The number of rotatable bonds is 6. The molecule has 2 rings (SSSR count). The molecule has 0 fully saturated rings. The molecule has 26 heavy (non-hydrogen) atoms. The molecule has 9 heteroatoms. The van der Waals surface area contributed by atoms with E-state index < -0.39 is 16.5 Å². The molecule has 2 aromatic heterocycles. The van der Waals surface area contributed by atoms with E-state index in [0.717, 1.165) is 4.57 Å². The van der Waals surface area contributed by atoms with E-state index in [1.165, 1.54) is 23.4 Å². The first-order valence-electron chi connectivity index (χ1n) is 8.53. The summed E-state index contributed by atoms with van der Waals surface area (Å²) in [7, 11) is 2.98. The Morgan fingerprint density at radius 2 is 1.81 bits per heavy atom. The van der Waals surface area contributed by atoms with Gasteiger partial charge >= 0.3 is 11.7 Å². The normalized spacial score (nSPS) is 12.6. The molecular weight excluding hydrogens is 356 g/mol. The van der Waals surface area contributed by atoms with Gasteiger partial charge in [-0.15, -0.1) is 0 Å². The fourth-order valence-corrected chi connectivity index (χ4v) is 3.50. The third kappa shape index (κ3) is 3.67. The molecule has 0 amide bonds. The lowest BCUT2D eigenvalue weighted by molar-refractivity contribution is -0.142. The van der Waals surface area contributed by atoms with E-state index in [1.54, 1.807) is 14.0 Å². The van der Waals surface area contributed by atoms with Crippen LogP contribution in [0.4, 0.5) is 0 Å². The maximum absolute atomic E-state index is 12.7. The number of fused-ring (bicyclic) bond motifs is 1. The Labute approximate surface area is 155 Å². The van der Waals surface area contributed by atoms with Crippen molar-refractivity contribution in [3.05, 3.63) is 26.7 Å². The first-order chi connectivity index (χ1) is 12.2. The van der Waals surface area contributed by atoms with Gasteiger partial charge in [0.25, 0.3) is 5.56 Å². The van der Waals surface area contributed by atoms with E-state index in [-0.39, 0.29) is 29.5 Å². The van der Waals surface area contributed by atoms with Gasteiger partial charge in [-0.05, 0) is 13.3 Å². The summed E-state index contributed by atoms with van der Waals surface area (Å²) >= 11 is 1.18. The Morgan fingerprint density at radius 3 is 2.35 bits per heavy atom. The fourth-order valence-electron chi connectivity index (χ4n) is 2.46. The lowest BCUT2D eigenvalue weighted by Crippen LogP contribution is -2.38. The minimum Gasteiger partial charge on any atom is -0.465 e. The number of carbonyl (C=O) groups is 1. The Balaban J connectivity index is 2.76. The lowest BCUT2D eigenvalue weighted by atomic mass is 10.2. The molecule has 0 saturated heterocycles. The molecule has 142 valence electrons. The van der Waals surface area contributed by atoms with Crippen LogP contribution in [-0.2, 0) is 23.6 Å². The number of thioether (sulfide) groups is 1. The second-order valence-electron chi connectivity index (χ2n) is 6.21. The topological polar surface area (TPSA) is 96.1 Å². The van der Waals surface area contributed by atoms with E-state index in [4.69, 9.17) is 4.74 Å². The minimum atomic E-state index is -0.491. The zero-order chi connectivity index (χ0) is 19.6. The number of nitrogens with zero attached hydrogens (tertiary/aromatic N) is 4. The van der Waals surface area contributed by atoms with Gasteiger partial charge in [0.05, 0.1) is 6.61 Å². The highest BCUT2D eigenvalue weighted by molar-refractivity contribution is 8.00. The smallest absolute Gasteiger partial charge is 0.332 e. The largest absolute Gasteiger partial charge is 0.465 e. The number of hydrogen-bond acceptors (Lipinski definition) is 7. The molecule has 0 radical (unpaired) electrons. The van der Waals surface area contributed by atoms with Gasteiger partial charge in [0.15, 0.2) is 5.65 Å². The lowest BCUT2D eigenvalue weighted by Gasteiger charge is -2.16. The molecule has 0 aliphatic rings. The average molecular weight is 380 g/mol. The predicted molar refractivity (Wildman–Crippen MR) is 101 cm³/mol. The van der Waals surface area contributed by atoms with Crippen LogP contribution in [0.1, 0.15) is 45.9 Å². The standard InChI is InChI=1S/C17H24N4O4S/c1-7-10(16(23)25-8-2)26-14-11-13(18-12(19-14)9(3)4)20(5)17(24)21(6)15(11)22/h9-10H,7-8H2,1-6H3/t10-/m1/s1. The third-order valence-corrected chi connectivity index (χ3v) is 5.30. The molecule has 0 bridgehead atoms. The van der Waals surface area contributed by atoms with Crippen LogP contribution < -0.4 is 11.2 Å². The van der Waals surface area contributed by atoms with E-state index in [0.29, 0.717) is 17.3 Å². The first kappa shape index (κ1) is 20.2. The number of esters is 1. The van der Waals surface area contributed by atoms with E-state index >= 15 is 0 Å². The Kier molecular flexibility index (Phi) is 6.22. The van der Waals surface area contributed by atoms with Crippen LogP contribution in [0.3, 0.4) is 0 Å². The molecule has 0 aliphatic heterocycles. The minimum absolute atomic E-state index is 0.000537. The SMILES string of the molecule is CCOC(=O)[C@@H](CC)Sc1nc(C(C)C)nc2c1c(=O)n(C)c(=O)n2C. The zero-order valence-corrected chi connectivity index (χ0v) is 16.7. The monoisotopic (exact) mass is 380 g/mol. The summed E-state index contributed by atoms with van der Waals surface area (Å²) in [6.07, 6.45) is 0.526. The Bertz CT molecular complexity index is 948. The van der Waals surface area contributed by atoms with Crippen LogP contribution in [0.15, 0.2) is 14.6 Å². The molecule has 0 spiro atoms. The maximum atomic E-state index is 12.7. The molecule has 2 heterocycles. The van der Waals surface area contributed by atoms with Crippen molar-refractivity contribution in [1.29, 1.82) is 0 Å². The predicted octanol–water partition coefficient (Wildman–Crippen LogP) is 1.58. The van der Waals surface area contributed by atoms with E-state index in [1.807, 2.05) is 20.8 Å². The molecule has 0 N–H and O–H groups in total. The van der Waals surface area contributed by atoms with E-state index in [2.05, 4.69) is 9.97 Å². The van der Waals surface area contributed by atoms with Gasteiger partial charge in [0.2, 0.25) is 0 Å². The number of carbonyl (C=O) groups excluding carboxylic acids is 1. The molecule has 1 atom stereocenters. The van der Waals surface area contributed by atoms with Gasteiger partial charge in [-0.25, -0.2) is 14.8 Å². The summed E-state index contributed by atoms with van der Waals surface area (Å²) < 4.78 is 7.47. The molecule has 2 aromatic rings. The van der Waals surface area contributed by atoms with Crippen molar-refractivity contribution in [3.63, 3.8) is 0 Å². The van der Waals surface area contributed by atoms with Crippen LogP contribution in [0.2, 0.25) is 0 Å².